The van der Waals surface area contributed by atoms with Crippen LogP contribution in [0.1, 0.15) is 36.2 Å². The van der Waals surface area contributed by atoms with Gasteiger partial charge in [-0.15, -0.1) is 0 Å². The van der Waals surface area contributed by atoms with Gasteiger partial charge >= 0.3 is 5.97 Å². The molecule has 10 heteroatoms. The molecule has 1 fully saturated rings. The van der Waals surface area contributed by atoms with Crippen LogP contribution in [0.25, 0.3) is 6.08 Å². The number of carboxylic acid groups (broad SMARTS) is 1. The molecule has 0 bridgehead atoms. The predicted molar refractivity (Wildman–Crippen MR) is 129 cm³/mol. The van der Waals surface area contributed by atoms with Crippen LogP contribution in [-0.2, 0) is 9.59 Å². The Morgan fingerprint density at radius 3 is 2.55 bits per heavy atom. The lowest BCUT2D eigenvalue weighted by molar-refractivity contribution is -0.145. The number of hydrogen-bond acceptors (Lipinski definition) is 7. The fourth-order valence-corrected chi connectivity index (χ4v) is 4.09. The molecule has 2 aromatic carbocycles. The predicted octanol–water partition coefficient (Wildman–Crippen LogP) is 3.87. The topological polar surface area (TPSA) is 105 Å². The van der Waals surface area contributed by atoms with Crippen LogP contribution < -0.4 is 14.9 Å². The largest absolute Gasteiger partial charge is 0.490 e. The van der Waals surface area contributed by atoms with Gasteiger partial charge in [-0.05, 0) is 61.5 Å². The molecule has 0 aliphatic carbocycles. The molecule has 1 aliphatic rings. The Morgan fingerprint density at radius 1 is 1.18 bits per heavy atom. The lowest BCUT2D eigenvalue weighted by Gasteiger charge is -2.17. The molecule has 0 aromatic heterocycles. The van der Waals surface area contributed by atoms with Crippen LogP contribution in [0.5, 0.6) is 11.5 Å². The molecular weight excluding hydrogens is 464 g/mol. The fourth-order valence-electron chi connectivity index (χ4n) is 2.91. The first-order valence-electron chi connectivity index (χ1n) is 10.1. The van der Waals surface area contributed by atoms with Crippen LogP contribution in [0.15, 0.2) is 53.4 Å². The Bertz CT molecular complexity index is 1100. The summed E-state index contributed by atoms with van der Waals surface area (Å²) in [6, 6.07) is 13.4. The van der Waals surface area contributed by atoms with E-state index in [0.29, 0.717) is 40.6 Å². The second-order valence-electron chi connectivity index (χ2n) is 6.82. The molecule has 2 N–H and O–H groups in total. The molecule has 1 unspecified atom stereocenters. The number of carbonyl (C=O) groups excluding carboxylic acids is 2. The number of benzene rings is 2. The fraction of sp³-hybridized carbons (Fsp3) is 0.217. The molecule has 2 aromatic rings. The standard InChI is InChI=1S/C23H22N2O6S2/c1-3-16(22(28)29)31-17-11-10-14(12-18(17)30-4-2)13-19-21(27)25(23(32)33-19)24-20(26)15-8-6-5-7-9-15/h5-13,16H,3-4H2,1-2H3,(H,24,26)(H,28,29)/b19-13+. The van der Waals surface area contributed by atoms with Crippen molar-refractivity contribution in [1.82, 2.24) is 10.4 Å². The molecule has 172 valence electrons. The smallest absolute Gasteiger partial charge is 0.344 e. The average molecular weight is 487 g/mol. The van der Waals surface area contributed by atoms with Crippen LogP contribution >= 0.6 is 24.0 Å². The van der Waals surface area contributed by atoms with E-state index in [0.717, 1.165) is 16.8 Å². The lowest BCUT2D eigenvalue weighted by atomic mass is 10.1. The third kappa shape index (κ3) is 5.91. The quantitative estimate of drug-likeness (QED) is 0.407. The third-order valence-electron chi connectivity index (χ3n) is 4.52. The number of nitrogens with zero attached hydrogens (tertiary/aromatic N) is 1. The first-order chi connectivity index (χ1) is 15.8. The highest BCUT2D eigenvalue weighted by Crippen LogP contribution is 2.34. The maximum absolute atomic E-state index is 12.8. The highest BCUT2D eigenvalue weighted by Gasteiger charge is 2.34. The zero-order valence-corrected chi connectivity index (χ0v) is 19.6. The molecule has 2 amide bonds. The van der Waals surface area contributed by atoms with Gasteiger partial charge in [0.15, 0.2) is 21.9 Å². The molecule has 0 saturated carbocycles. The highest BCUT2D eigenvalue weighted by molar-refractivity contribution is 8.26. The van der Waals surface area contributed by atoms with E-state index in [1.165, 1.54) is 0 Å². The van der Waals surface area contributed by atoms with E-state index in [9.17, 15) is 19.5 Å². The van der Waals surface area contributed by atoms with E-state index in [2.05, 4.69) is 5.43 Å². The summed E-state index contributed by atoms with van der Waals surface area (Å²) in [5.74, 6) is -1.31. The number of rotatable bonds is 9. The van der Waals surface area contributed by atoms with Crippen molar-refractivity contribution < 1.29 is 29.0 Å². The van der Waals surface area contributed by atoms with Gasteiger partial charge in [0.05, 0.1) is 11.5 Å². The van der Waals surface area contributed by atoms with Gasteiger partial charge in [-0.2, -0.15) is 5.01 Å². The maximum atomic E-state index is 12.8. The van der Waals surface area contributed by atoms with Crippen molar-refractivity contribution >= 4 is 52.2 Å². The zero-order chi connectivity index (χ0) is 24.0. The van der Waals surface area contributed by atoms with Crippen molar-refractivity contribution in [2.24, 2.45) is 0 Å². The van der Waals surface area contributed by atoms with E-state index in [-0.39, 0.29) is 4.32 Å². The van der Waals surface area contributed by atoms with Gasteiger partial charge in [0.1, 0.15) is 0 Å². The van der Waals surface area contributed by atoms with E-state index >= 15 is 0 Å². The van der Waals surface area contributed by atoms with Gasteiger partial charge in [-0.1, -0.05) is 43.0 Å². The molecule has 1 heterocycles. The molecule has 3 rings (SSSR count). The van der Waals surface area contributed by atoms with Crippen molar-refractivity contribution in [3.8, 4) is 11.5 Å². The number of thioether (sulfide) groups is 1. The lowest BCUT2D eigenvalue weighted by Crippen LogP contribution is -2.44. The van der Waals surface area contributed by atoms with Gasteiger partial charge in [-0.25, -0.2) is 4.79 Å². The number of thiocarbonyl (C=S) groups is 1. The van der Waals surface area contributed by atoms with Crippen molar-refractivity contribution in [3.05, 3.63) is 64.6 Å². The molecule has 33 heavy (non-hydrogen) atoms. The minimum absolute atomic E-state index is 0.202. The zero-order valence-electron chi connectivity index (χ0n) is 17.9. The summed E-state index contributed by atoms with van der Waals surface area (Å²) < 4.78 is 11.4. The van der Waals surface area contributed by atoms with Gasteiger partial charge in [-0.3, -0.25) is 15.0 Å². The molecule has 1 aliphatic heterocycles. The van der Waals surface area contributed by atoms with Crippen LogP contribution in [0.2, 0.25) is 0 Å². The summed E-state index contributed by atoms with van der Waals surface area (Å²) >= 11 is 6.32. The first-order valence-corrected chi connectivity index (χ1v) is 11.4. The summed E-state index contributed by atoms with van der Waals surface area (Å²) in [7, 11) is 0. The number of carbonyl (C=O) groups is 3. The molecule has 1 saturated heterocycles. The second-order valence-corrected chi connectivity index (χ2v) is 8.49. The number of aliphatic carboxylic acids is 1. The van der Waals surface area contributed by atoms with Crippen molar-refractivity contribution in [3.63, 3.8) is 0 Å². The second kappa shape index (κ2) is 11.0. The Balaban J connectivity index is 1.80. The number of hydrogen-bond donors (Lipinski definition) is 2. The summed E-state index contributed by atoms with van der Waals surface area (Å²) in [6.07, 6.45) is 0.911. The molecular formula is C23H22N2O6S2. The highest BCUT2D eigenvalue weighted by atomic mass is 32.2. The number of ether oxygens (including phenoxy) is 2. The van der Waals surface area contributed by atoms with E-state index < -0.39 is 23.9 Å². The number of amides is 2. The van der Waals surface area contributed by atoms with E-state index in [1.807, 2.05) is 0 Å². The van der Waals surface area contributed by atoms with Crippen LogP contribution in [0.4, 0.5) is 0 Å². The van der Waals surface area contributed by atoms with E-state index in [1.54, 1.807) is 68.5 Å². The van der Waals surface area contributed by atoms with Gasteiger partial charge in [0, 0.05) is 5.56 Å². The third-order valence-corrected chi connectivity index (χ3v) is 5.83. The molecule has 0 spiro atoms. The normalized spacial score (nSPS) is 15.5. The molecule has 8 nitrogen and oxygen atoms in total. The minimum Gasteiger partial charge on any atom is -0.490 e. The van der Waals surface area contributed by atoms with Gasteiger partial charge in [0.2, 0.25) is 0 Å². The van der Waals surface area contributed by atoms with Crippen LogP contribution in [0, 0.1) is 0 Å². The Hall–Kier alpha value is -3.37. The van der Waals surface area contributed by atoms with E-state index in [4.69, 9.17) is 21.7 Å². The summed E-state index contributed by atoms with van der Waals surface area (Å²) in [4.78, 5) is 36.9. The SMILES string of the molecule is CCOc1cc(/C=C2/SC(=S)N(NC(=O)c3ccccc3)C2=O)ccc1OC(CC)C(=O)O. The number of hydrazine groups is 1. The average Bonchev–Trinajstić information content (AvgIpc) is 3.06. The summed E-state index contributed by atoms with van der Waals surface area (Å²) in [5.41, 5.74) is 3.56. The van der Waals surface area contributed by atoms with Crippen LogP contribution in [-0.4, -0.2) is 44.9 Å². The van der Waals surface area contributed by atoms with Crippen molar-refractivity contribution in [1.29, 1.82) is 0 Å². The Morgan fingerprint density at radius 2 is 1.91 bits per heavy atom. The van der Waals surface area contributed by atoms with Gasteiger partial charge < -0.3 is 14.6 Å². The molecule has 1 atom stereocenters. The van der Waals surface area contributed by atoms with Crippen LogP contribution in [0.3, 0.4) is 0 Å². The summed E-state index contributed by atoms with van der Waals surface area (Å²) in [6.45, 7) is 3.86. The summed E-state index contributed by atoms with van der Waals surface area (Å²) in [5, 5.41) is 10.3. The molecule has 0 radical (unpaired) electrons. The van der Waals surface area contributed by atoms with Crippen molar-refractivity contribution in [2.75, 3.05) is 6.61 Å². The Labute approximate surface area is 200 Å². The van der Waals surface area contributed by atoms with Gasteiger partial charge in [0.25, 0.3) is 11.8 Å². The monoisotopic (exact) mass is 486 g/mol. The van der Waals surface area contributed by atoms with Crippen molar-refractivity contribution in [2.45, 2.75) is 26.4 Å². The minimum atomic E-state index is -1.06. The number of carboxylic acids is 1. The Kier molecular flexibility index (Phi) is 8.07. The maximum Gasteiger partial charge on any atom is 0.344 e. The first kappa shape index (κ1) is 24.3. The number of nitrogens with one attached hydrogen (secondary N) is 1.